The lowest BCUT2D eigenvalue weighted by Gasteiger charge is -2.08. The van der Waals surface area contributed by atoms with Gasteiger partial charge in [0.2, 0.25) is 0 Å². The zero-order valence-electron chi connectivity index (χ0n) is 10.3. The molecule has 96 valence electrons. The quantitative estimate of drug-likeness (QED) is 0.888. The number of halogens is 1. The molecule has 0 saturated carbocycles. The van der Waals surface area contributed by atoms with Crippen molar-refractivity contribution >= 4 is 0 Å². The van der Waals surface area contributed by atoms with Gasteiger partial charge < -0.3 is 5.73 Å². The molecule has 5 heteroatoms. The van der Waals surface area contributed by atoms with Crippen molar-refractivity contribution in [3.63, 3.8) is 0 Å². The van der Waals surface area contributed by atoms with Crippen LogP contribution in [0.5, 0.6) is 0 Å². The lowest BCUT2D eigenvalue weighted by Crippen LogP contribution is -2.24. The fourth-order valence-corrected chi connectivity index (χ4v) is 1.94. The minimum absolute atomic E-state index is 0.0928. The second-order valence-corrected chi connectivity index (χ2v) is 4.11. The molecule has 0 aliphatic carbocycles. The van der Waals surface area contributed by atoms with Crippen LogP contribution in [0.25, 0.3) is 0 Å². The number of benzene rings is 1. The smallest absolute Gasteiger partial charge is 0.326 e. The number of hydrogen-bond acceptors (Lipinski definition) is 2. The number of nitrogens with zero attached hydrogens (tertiary/aromatic N) is 2. The van der Waals surface area contributed by atoms with E-state index in [2.05, 4.69) is 0 Å². The van der Waals surface area contributed by atoms with Gasteiger partial charge in [0, 0.05) is 25.5 Å². The highest BCUT2D eigenvalue weighted by Crippen LogP contribution is 2.12. The van der Waals surface area contributed by atoms with E-state index in [1.807, 2.05) is 6.92 Å². The van der Waals surface area contributed by atoms with Gasteiger partial charge in [-0.1, -0.05) is 6.07 Å². The number of imidazole rings is 1. The molecular formula is C13H16FN3O. The monoisotopic (exact) mass is 249 g/mol. The number of hydrogen-bond donors (Lipinski definition) is 1. The summed E-state index contributed by atoms with van der Waals surface area (Å²) in [6, 6.07) is 4.47. The molecule has 0 saturated heterocycles. The second-order valence-electron chi connectivity index (χ2n) is 4.11. The summed E-state index contributed by atoms with van der Waals surface area (Å²) >= 11 is 0. The number of aromatic nitrogens is 2. The predicted octanol–water partition coefficient (Wildman–Crippen LogP) is 1.32. The van der Waals surface area contributed by atoms with Crippen molar-refractivity contribution in [1.82, 2.24) is 9.13 Å². The molecule has 0 spiro atoms. The van der Waals surface area contributed by atoms with Gasteiger partial charge in [-0.25, -0.2) is 9.18 Å². The minimum atomic E-state index is -0.315. The Bertz CT molecular complexity index is 601. The van der Waals surface area contributed by atoms with Gasteiger partial charge >= 0.3 is 5.69 Å². The van der Waals surface area contributed by atoms with Crippen LogP contribution in [0.2, 0.25) is 0 Å². The molecule has 0 unspecified atom stereocenters. The summed E-state index contributed by atoms with van der Waals surface area (Å²) < 4.78 is 16.4. The molecule has 0 radical (unpaired) electrons. The van der Waals surface area contributed by atoms with E-state index in [1.165, 1.54) is 12.1 Å². The highest BCUT2D eigenvalue weighted by molar-refractivity contribution is 5.28. The largest absolute Gasteiger partial charge is 0.328 e. The van der Waals surface area contributed by atoms with Gasteiger partial charge in [0.05, 0.1) is 6.54 Å². The molecule has 1 heterocycles. The molecule has 1 aromatic carbocycles. The second kappa shape index (κ2) is 5.18. The maximum Gasteiger partial charge on any atom is 0.328 e. The minimum Gasteiger partial charge on any atom is -0.326 e. The van der Waals surface area contributed by atoms with E-state index >= 15 is 0 Å². The summed E-state index contributed by atoms with van der Waals surface area (Å²) in [5.74, 6) is -0.315. The Balaban J connectivity index is 2.36. The molecular weight excluding hydrogens is 233 g/mol. The lowest BCUT2D eigenvalue weighted by atomic mass is 10.1. The molecule has 0 atom stereocenters. The number of rotatable bonds is 4. The predicted molar refractivity (Wildman–Crippen MR) is 67.8 cm³/mol. The van der Waals surface area contributed by atoms with Crippen LogP contribution >= 0.6 is 0 Å². The molecule has 0 aliphatic heterocycles. The van der Waals surface area contributed by atoms with E-state index in [0.717, 1.165) is 11.1 Å². The van der Waals surface area contributed by atoms with Gasteiger partial charge in [-0.2, -0.15) is 0 Å². The standard InChI is InChI=1S/C13H16FN3O/c1-2-16-5-6-17(13(16)18)9-11-7-12(14)4-3-10(11)8-15/h3-7H,2,8-9,15H2,1H3. The van der Waals surface area contributed by atoms with Crippen LogP contribution < -0.4 is 11.4 Å². The van der Waals surface area contributed by atoms with Crippen LogP contribution in [0.15, 0.2) is 35.4 Å². The third kappa shape index (κ3) is 2.36. The Morgan fingerprint density at radius 2 is 1.94 bits per heavy atom. The van der Waals surface area contributed by atoms with Crippen LogP contribution in [0, 0.1) is 5.82 Å². The van der Waals surface area contributed by atoms with Gasteiger partial charge in [-0.05, 0) is 30.2 Å². The van der Waals surface area contributed by atoms with E-state index in [9.17, 15) is 9.18 Å². The highest BCUT2D eigenvalue weighted by Gasteiger charge is 2.07. The zero-order chi connectivity index (χ0) is 13.1. The topological polar surface area (TPSA) is 52.9 Å². The Morgan fingerprint density at radius 3 is 2.56 bits per heavy atom. The van der Waals surface area contributed by atoms with Crippen LogP contribution in [-0.4, -0.2) is 9.13 Å². The van der Waals surface area contributed by atoms with E-state index in [1.54, 1.807) is 27.6 Å². The fourth-order valence-electron chi connectivity index (χ4n) is 1.94. The van der Waals surface area contributed by atoms with Gasteiger partial charge in [0.1, 0.15) is 5.82 Å². The van der Waals surface area contributed by atoms with Gasteiger partial charge in [-0.15, -0.1) is 0 Å². The SMILES string of the molecule is CCn1ccn(Cc2cc(F)ccc2CN)c1=O. The molecule has 18 heavy (non-hydrogen) atoms. The zero-order valence-corrected chi connectivity index (χ0v) is 10.3. The van der Waals surface area contributed by atoms with Crippen molar-refractivity contribution in [2.24, 2.45) is 5.73 Å². The van der Waals surface area contributed by atoms with Crippen molar-refractivity contribution in [3.8, 4) is 0 Å². The Morgan fingerprint density at radius 1 is 1.22 bits per heavy atom. The number of aryl methyl sites for hydroxylation is 1. The van der Waals surface area contributed by atoms with E-state index in [4.69, 9.17) is 5.73 Å². The van der Waals surface area contributed by atoms with Crippen LogP contribution in [0.3, 0.4) is 0 Å². The highest BCUT2D eigenvalue weighted by atomic mass is 19.1. The summed E-state index contributed by atoms with van der Waals surface area (Å²) in [5.41, 5.74) is 7.11. The van der Waals surface area contributed by atoms with Gasteiger partial charge in [0.15, 0.2) is 0 Å². The molecule has 2 aromatic rings. The first-order chi connectivity index (χ1) is 8.65. The third-order valence-electron chi connectivity index (χ3n) is 2.99. The Kier molecular flexibility index (Phi) is 3.62. The molecule has 2 N–H and O–H groups in total. The van der Waals surface area contributed by atoms with E-state index in [0.29, 0.717) is 19.6 Å². The van der Waals surface area contributed by atoms with Crippen LogP contribution in [0.1, 0.15) is 18.1 Å². The summed E-state index contributed by atoms with van der Waals surface area (Å²) in [6.45, 7) is 3.20. The molecule has 0 bridgehead atoms. The first-order valence-corrected chi connectivity index (χ1v) is 5.88. The summed E-state index contributed by atoms with van der Waals surface area (Å²) in [7, 11) is 0. The van der Waals surface area contributed by atoms with E-state index < -0.39 is 0 Å². The van der Waals surface area contributed by atoms with Crippen molar-refractivity contribution in [2.45, 2.75) is 26.6 Å². The first-order valence-electron chi connectivity index (χ1n) is 5.88. The molecule has 0 amide bonds. The Labute approximate surface area is 104 Å². The van der Waals surface area contributed by atoms with Crippen molar-refractivity contribution in [1.29, 1.82) is 0 Å². The van der Waals surface area contributed by atoms with Crippen molar-refractivity contribution in [2.75, 3.05) is 0 Å². The Hall–Kier alpha value is -1.88. The summed E-state index contributed by atoms with van der Waals surface area (Å²) in [5, 5.41) is 0. The first kappa shape index (κ1) is 12.6. The van der Waals surface area contributed by atoms with Crippen LogP contribution in [-0.2, 0) is 19.6 Å². The van der Waals surface area contributed by atoms with Crippen molar-refractivity contribution in [3.05, 3.63) is 58.0 Å². The fraction of sp³-hybridized carbons (Fsp3) is 0.308. The molecule has 1 aromatic heterocycles. The molecule has 0 fully saturated rings. The molecule has 0 aliphatic rings. The molecule has 2 rings (SSSR count). The lowest BCUT2D eigenvalue weighted by molar-refractivity contribution is 0.618. The third-order valence-corrected chi connectivity index (χ3v) is 2.99. The van der Waals surface area contributed by atoms with Gasteiger partial charge in [-0.3, -0.25) is 9.13 Å². The number of nitrogens with two attached hydrogens (primary N) is 1. The summed E-state index contributed by atoms with van der Waals surface area (Å²) in [6.07, 6.45) is 3.43. The maximum absolute atomic E-state index is 13.2. The van der Waals surface area contributed by atoms with Crippen molar-refractivity contribution < 1.29 is 4.39 Å². The molecule has 4 nitrogen and oxygen atoms in total. The summed E-state index contributed by atoms with van der Waals surface area (Å²) in [4.78, 5) is 11.9. The van der Waals surface area contributed by atoms with Gasteiger partial charge in [0.25, 0.3) is 0 Å². The average Bonchev–Trinajstić information content (AvgIpc) is 2.71. The van der Waals surface area contributed by atoms with E-state index in [-0.39, 0.29) is 11.5 Å². The maximum atomic E-state index is 13.2. The average molecular weight is 249 g/mol. The normalized spacial score (nSPS) is 10.8. The van der Waals surface area contributed by atoms with Crippen LogP contribution in [0.4, 0.5) is 4.39 Å².